The highest BCUT2D eigenvalue weighted by Gasteiger charge is 2.40. The maximum atomic E-state index is 11.6. The van der Waals surface area contributed by atoms with Gasteiger partial charge in [-0.15, -0.1) is 4.52 Å². The smallest absolute Gasteiger partial charge is 0.457 e. The summed E-state index contributed by atoms with van der Waals surface area (Å²) in [5.74, 6) is -0.445. The van der Waals surface area contributed by atoms with E-state index in [9.17, 15) is 9.36 Å². The minimum absolute atomic E-state index is 0.342. The Morgan fingerprint density at radius 1 is 1.33 bits per heavy atom. The van der Waals surface area contributed by atoms with Gasteiger partial charge in [0.1, 0.15) is 5.60 Å². The number of carbonyl (C=O) groups is 1. The molecule has 0 aliphatic heterocycles. The van der Waals surface area contributed by atoms with E-state index in [0.29, 0.717) is 13.0 Å². The van der Waals surface area contributed by atoms with Gasteiger partial charge in [-0.05, 0) is 32.3 Å². The van der Waals surface area contributed by atoms with Crippen molar-refractivity contribution in [2.45, 2.75) is 52.3 Å². The SMILES string of the molecule is CCO[P+](=O)C(CC)C(=O)OC(C)(C)C. The Kier molecular flexibility index (Phi) is 5.99. The second-order valence-corrected chi connectivity index (χ2v) is 5.61. The lowest BCUT2D eigenvalue weighted by Gasteiger charge is -2.19. The Morgan fingerprint density at radius 3 is 2.20 bits per heavy atom. The molecule has 2 atom stereocenters. The van der Waals surface area contributed by atoms with Crippen LogP contribution in [0.3, 0.4) is 0 Å². The first-order valence-electron chi connectivity index (χ1n) is 5.14. The van der Waals surface area contributed by atoms with Crippen LogP contribution in [0.5, 0.6) is 0 Å². The average Bonchev–Trinajstić information content (AvgIpc) is 2.02. The molecule has 4 nitrogen and oxygen atoms in total. The monoisotopic (exact) mass is 235 g/mol. The molecule has 0 aliphatic rings. The molecule has 0 rings (SSSR count). The summed E-state index contributed by atoms with van der Waals surface area (Å²) in [6.45, 7) is 9.23. The predicted octanol–water partition coefficient (Wildman–Crippen LogP) is 2.89. The van der Waals surface area contributed by atoms with Crippen LogP contribution in [0.2, 0.25) is 0 Å². The van der Waals surface area contributed by atoms with Gasteiger partial charge in [-0.25, -0.2) is 4.79 Å². The van der Waals surface area contributed by atoms with E-state index in [4.69, 9.17) is 9.26 Å². The van der Waals surface area contributed by atoms with Crippen LogP contribution < -0.4 is 0 Å². The number of ether oxygens (including phenoxy) is 1. The number of carbonyl (C=O) groups excluding carboxylic acids is 1. The molecule has 0 radical (unpaired) electrons. The van der Waals surface area contributed by atoms with Crippen molar-refractivity contribution in [1.82, 2.24) is 0 Å². The van der Waals surface area contributed by atoms with Crippen molar-refractivity contribution in [3.05, 3.63) is 0 Å². The fourth-order valence-electron chi connectivity index (χ4n) is 0.989. The second kappa shape index (κ2) is 6.19. The van der Waals surface area contributed by atoms with E-state index >= 15 is 0 Å². The lowest BCUT2D eigenvalue weighted by atomic mass is 10.2. The van der Waals surface area contributed by atoms with Crippen LogP contribution in [0.1, 0.15) is 41.0 Å². The van der Waals surface area contributed by atoms with Crippen LogP contribution in [0.4, 0.5) is 0 Å². The van der Waals surface area contributed by atoms with Gasteiger partial charge in [0.05, 0.1) is 6.61 Å². The van der Waals surface area contributed by atoms with Crippen LogP contribution in [-0.4, -0.2) is 23.8 Å². The average molecular weight is 235 g/mol. The summed E-state index contributed by atoms with van der Waals surface area (Å²) in [6, 6.07) is 0. The van der Waals surface area contributed by atoms with Crippen molar-refractivity contribution >= 4 is 14.0 Å². The molecule has 0 aromatic heterocycles. The molecule has 0 spiro atoms. The Balaban J connectivity index is 4.41. The largest absolute Gasteiger partial charge is 0.523 e. The van der Waals surface area contributed by atoms with Crippen LogP contribution in [0.25, 0.3) is 0 Å². The number of rotatable bonds is 5. The highest BCUT2D eigenvalue weighted by atomic mass is 31.1. The molecular weight excluding hydrogens is 215 g/mol. The fourth-order valence-corrected chi connectivity index (χ4v) is 1.95. The molecule has 5 heteroatoms. The second-order valence-electron chi connectivity index (χ2n) is 4.16. The minimum Gasteiger partial charge on any atom is -0.457 e. The van der Waals surface area contributed by atoms with E-state index in [2.05, 4.69) is 0 Å². The van der Waals surface area contributed by atoms with Gasteiger partial charge >= 0.3 is 14.0 Å². The number of hydrogen-bond donors (Lipinski definition) is 0. The standard InChI is InChI=1S/C10H20O4P/c1-6-8(15(12)13-7-2)9(11)14-10(3,4)5/h8H,6-7H2,1-5H3/q+1. The summed E-state index contributed by atoms with van der Waals surface area (Å²) in [5.41, 5.74) is -1.20. The summed E-state index contributed by atoms with van der Waals surface area (Å²) < 4.78 is 21.6. The van der Waals surface area contributed by atoms with Gasteiger partial charge in [0.15, 0.2) is 0 Å². The molecule has 0 aliphatic carbocycles. The molecule has 0 amide bonds. The van der Waals surface area contributed by atoms with E-state index in [-0.39, 0.29) is 0 Å². The molecule has 0 heterocycles. The molecule has 2 unspecified atom stereocenters. The highest BCUT2D eigenvalue weighted by molar-refractivity contribution is 7.41. The van der Waals surface area contributed by atoms with Crippen molar-refractivity contribution in [2.75, 3.05) is 6.61 Å². The lowest BCUT2D eigenvalue weighted by Crippen LogP contribution is -2.30. The van der Waals surface area contributed by atoms with Gasteiger partial charge in [-0.3, -0.25) is 0 Å². The summed E-state index contributed by atoms with van der Waals surface area (Å²) >= 11 is 0. The normalized spacial score (nSPS) is 14.6. The Hall–Kier alpha value is -0.470. The highest BCUT2D eigenvalue weighted by Crippen LogP contribution is 2.33. The summed E-state index contributed by atoms with van der Waals surface area (Å²) in [7, 11) is -1.96. The molecule has 0 saturated carbocycles. The van der Waals surface area contributed by atoms with E-state index in [1.807, 2.05) is 0 Å². The first-order chi connectivity index (χ1) is 6.81. The van der Waals surface area contributed by atoms with E-state index in [1.165, 1.54) is 0 Å². The fraction of sp³-hybridized carbons (Fsp3) is 0.900. The van der Waals surface area contributed by atoms with Crippen LogP contribution in [-0.2, 0) is 18.6 Å². The van der Waals surface area contributed by atoms with Gasteiger partial charge < -0.3 is 4.74 Å². The van der Waals surface area contributed by atoms with Gasteiger partial charge in [-0.2, -0.15) is 0 Å². The van der Waals surface area contributed by atoms with Crippen LogP contribution in [0, 0.1) is 0 Å². The molecule has 0 saturated heterocycles. The Morgan fingerprint density at radius 2 is 1.87 bits per heavy atom. The van der Waals surface area contributed by atoms with E-state index in [0.717, 1.165) is 0 Å². The molecule has 0 fully saturated rings. The van der Waals surface area contributed by atoms with Crippen molar-refractivity contribution in [2.24, 2.45) is 0 Å². The third-order valence-electron chi connectivity index (χ3n) is 1.58. The van der Waals surface area contributed by atoms with Crippen LogP contribution >= 0.6 is 8.03 Å². The van der Waals surface area contributed by atoms with Crippen molar-refractivity contribution in [3.8, 4) is 0 Å². The summed E-state index contributed by atoms with van der Waals surface area (Å²) in [6.07, 6.45) is 0.462. The van der Waals surface area contributed by atoms with Gasteiger partial charge in [0, 0.05) is 6.42 Å². The molecule has 0 aromatic rings. The molecular formula is C10H20O4P+. The first kappa shape index (κ1) is 14.5. The third-order valence-corrected chi connectivity index (χ3v) is 3.17. The lowest BCUT2D eigenvalue weighted by molar-refractivity contribution is -0.154. The summed E-state index contributed by atoms with van der Waals surface area (Å²) in [5, 5.41) is 0. The van der Waals surface area contributed by atoms with Crippen molar-refractivity contribution < 1.29 is 18.6 Å². The quantitative estimate of drug-likeness (QED) is 0.543. The molecule has 0 bridgehead atoms. The van der Waals surface area contributed by atoms with Gasteiger partial charge in [0.25, 0.3) is 5.66 Å². The maximum absolute atomic E-state index is 11.6. The zero-order valence-corrected chi connectivity index (χ0v) is 11.0. The minimum atomic E-state index is -1.96. The molecule has 88 valence electrons. The van der Waals surface area contributed by atoms with E-state index < -0.39 is 25.3 Å². The van der Waals surface area contributed by atoms with Crippen molar-refractivity contribution in [3.63, 3.8) is 0 Å². The van der Waals surface area contributed by atoms with Gasteiger partial charge in [-0.1, -0.05) is 6.92 Å². The Labute approximate surface area is 92.2 Å². The molecule has 0 N–H and O–H groups in total. The van der Waals surface area contributed by atoms with E-state index in [1.54, 1.807) is 34.6 Å². The molecule has 0 aromatic carbocycles. The predicted molar refractivity (Wildman–Crippen MR) is 59.2 cm³/mol. The first-order valence-corrected chi connectivity index (χ1v) is 6.38. The molecule has 15 heavy (non-hydrogen) atoms. The third kappa shape index (κ3) is 5.85. The summed E-state index contributed by atoms with van der Waals surface area (Å²) in [4.78, 5) is 11.6. The number of esters is 1. The Bertz CT molecular complexity index is 232. The zero-order valence-electron chi connectivity index (χ0n) is 10.1. The zero-order chi connectivity index (χ0) is 12.1. The number of hydrogen-bond acceptors (Lipinski definition) is 4. The maximum Gasteiger partial charge on any atom is 0.523 e. The topological polar surface area (TPSA) is 52.6 Å². The van der Waals surface area contributed by atoms with Crippen molar-refractivity contribution in [1.29, 1.82) is 0 Å². The van der Waals surface area contributed by atoms with Gasteiger partial charge in [0.2, 0.25) is 0 Å². The van der Waals surface area contributed by atoms with Crippen LogP contribution in [0.15, 0.2) is 0 Å².